The van der Waals surface area contributed by atoms with E-state index < -0.39 is 0 Å². The van der Waals surface area contributed by atoms with Gasteiger partial charge in [-0.05, 0) is 34.7 Å². The number of amides is 2. The van der Waals surface area contributed by atoms with Gasteiger partial charge in [-0.15, -0.1) is 11.3 Å². The molecule has 2 amide bonds. The zero-order valence-corrected chi connectivity index (χ0v) is 18.7. The molecule has 0 bridgehead atoms. The van der Waals surface area contributed by atoms with E-state index in [2.05, 4.69) is 10.5 Å². The molecule has 1 N–H and O–H groups in total. The highest BCUT2D eigenvalue weighted by atomic mass is 32.1. The predicted octanol–water partition coefficient (Wildman–Crippen LogP) is 4.34. The van der Waals surface area contributed by atoms with Crippen LogP contribution >= 0.6 is 11.3 Å². The zero-order chi connectivity index (χ0) is 22.3. The van der Waals surface area contributed by atoms with Crippen molar-refractivity contribution in [3.8, 4) is 11.1 Å². The summed E-state index contributed by atoms with van der Waals surface area (Å²) in [7, 11) is 1.49. The lowest BCUT2D eigenvalue weighted by Crippen LogP contribution is -2.39. The average Bonchev–Trinajstić information content (AvgIpc) is 3.48. The van der Waals surface area contributed by atoms with Crippen LogP contribution < -0.4 is 5.32 Å². The van der Waals surface area contributed by atoms with E-state index in [1.807, 2.05) is 72.1 Å². The third kappa shape index (κ3) is 5.23. The molecular weight excluding hydrogens is 422 g/mol. The number of likely N-dealkylation sites (tertiary alicyclic amines) is 1. The van der Waals surface area contributed by atoms with Crippen molar-refractivity contribution in [2.45, 2.75) is 25.4 Å². The highest BCUT2D eigenvalue weighted by Crippen LogP contribution is 2.24. The van der Waals surface area contributed by atoms with Gasteiger partial charge in [0.1, 0.15) is 7.11 Å². The minimum absolute atomic E-state index is 0.0840. The third-order valence-corrected chi connectivity index (χ3v) is 6.32. The Labute approximate surface area is 191 Å². The molecular formula is C25H25N3O3S. The number of carbonyl (C=O) groups excluding carboxylic acids is 2. The van der Waals surface area contributed by atoms with E-state index in [9.17, 15) is 9.59 Å². The minimum Gasteiger partial charge on any atom is -0.399 e. The molecule has 0 unspecified atom stereocenters. The molecule has 2 aromatic carbocycles. The maximum absolute atomic E-state index is 13.3. The van der Waals surface area contributed by atoms with Crippen molar-refractivity contribution in [1.29, 1.82) is 0 Å². The fraction of sp³-hybridized carbons (Fsp3) is 0.240. The van der Waals surface area contributed by atoms with Gasteiger partial charge >= 0.3 is 0 Å². The summed E-state index contributed by atoms with van der Waals surface area (Å²) in [6.07, 6.45) is 0.746. The highest BCUT2D eigenvalue weighted by Gasteiger charge is 2.35. The van der Waals surface area contributed by atoms with Crippen molar-refractivity contribution in [1.82, 2.24) is 10.2 Å². The third-order valence-electron chi connectivity index (χ3n) is 5.45. The second-order valence-electron chi connectivity index (χ2n) is 7.63. The molecule has 0 aliphatic carbocycles. The number of hydrogen-bond acceptors (Lipinski definition) is 5. The maximum Gasteiger partial charge on any atom is 0.254 e. The Kier molecular flexibility index (Phi) is 6.97. The van der Waals surface area contributed by atoms with E-state index in [0.29, 0.717) is 25.1 Å². The number of oxime groups is 1. The van der Waals surface area contributed by atoms with Gasteiger partial charge in [-0.2, -0.15) is 0 Å². The molecule has 0 radical (unpaired) electrons. The van der Waals surface area contributed by atoms with Crippen LogP contribution in [0.3, 0.4) is 0 Å². The van der Waals surface area contributed by atoms with E-state index >= 15 is 0 Å². The summed E-state index contributed by atoms with van der Waals surface area (Å²) >= 11 is 1.60. The monoisotopic (exact) mass is 447 g/mol. The van der Waals surface area contributed by atoms with E-state index in [1.54, 1.807) is 16.2 Å². The Morgan fingerprint density at radius 3 is 2.50 bits per heavy atom. The molecule has 1 fully saturated rings. The lowest BCUT2D eigenvalue weighted by Gasteiger charge is -2.24. The first kappa shape index (κ1) is 21.8. The van der Waals surface area contributed by atoms with Crippen LogP contribution in [0.2, 0.25) is 0 Å². The first-order valence-electron chi connectivity index (χ1n) is 10.5. The molecule has 1 aliphatic rings. The van der Waals surface area contributed by atoms with Gasteiger partial charge in [-0.25, -0.2) is 0 Å². The summed E-state index contributed by atoms with van der Waals surface area (Å²) in [5.74, 6) is -0.193. The molecule has 32 heavy (non-hydrogen) atoms. The van der Waals surface area contributed by atoms with E-state index in [4.69, 9.17) is 4.84 Å². The summed E-state index contributed by atoms with van der Waals surface area (Å²) in [5, 5.41) is 8.97. The molecule has 6 nitrogen and oxygen atoms in total. The minimum atomic E-state index is -0.256. The first-order valence-corrected chi connectivity index (χ1v) is 11.4. The first-order chi connectivity index (χ1) is 15.6. The number of nitrogens with one attached hydrogen (secondary N) is 1. The molecule has 0 spiro atoms. The molecule has 3 aromatic rings. The normalized spacial score (nSPS) is 16.8. The van der Waals surface area contributed by atoms with Crippen LogP contribution in [-0.4, -0.2) is 42.1 Å². The Morgan fingerprint density at radius 2 is 1.81 bits per heavy atom. The van der Waals surface area contributed by atoms with Crippen molar-refractivity contribution < 1.29 is 14.4 Å². The van der Waals surface area contributed by atoms with Gasteiger partial charge in [0.2, 0.25) is 5.91 Å². The second-order valence-corrected chi connectivity index (χ2v) is 8.67. The number of hydrogen-bond donors (Lipinski definition) is 1. The van der Waals surface area contributed by atoms with Crippen LogP contribution in [0.25, 0.3) is 11.1 Å². The Balaban J connectivity index is 1.45. The summed E-state index contributed by atoms with van der Waals surface area (Å²) in [6, 6.07) is 21.3. The topological polar surface area (TPSA) is 71.0 Å². The summed E-state index contributed by atoms with van der Waals surface area (Å²) in [6.45, 7) is 0.854. The van der Waals surface area contributed by atoms with Crippen LogP contribution in [0.15, 0.2) is 77.3 Å². The molecule has 1 saturated heterocycles. The predicted molar refractivity (Wildman–Crippen MR) is 127 cm³/mol. The van der Waals surface area contributed by atoms with Crippen molar-refractivity contribution in [3.63, 3.8) is 0 Å². The van der Waals surface area contributed by atoms with Crippen molar-refractivity contribution in [2.24, 2.45) is 5.16 Å². The lowest BCUT2D eigenvalue weighted by molar-refractivity contribution is -0.122. The molecule has 1 atom stereocenters. The fourth-order valence-electron chi connectivity index (χ4n) is 3.87. The van der Waals surface area contributed by atoms with Crippen molar-refractivity contribution in [2.75, 3.05) is 13.7 Å². The fourth-order valence-corrected chi connectivity index (χ4v) is 4.52. The van der Waals surface area contributed by atoms with Crippen molar-refractivity contribution in [3.05, 3.63) is 82.6 Å². The van der Waals surface area contributed by atoms with E-state index in [0.717, 1.165) is 21.7 Å². The second kappa shape index (κ2) is 10.2. The lowest BCUT2D eigenvalue weighted by atomic mass is 10.0. The molecule has 7 heteroatoms. The molecule has 0 saturated carbocycles. The largest absolute Gasteiger partial charge is 0.399 e. The van der Waals surface area contributed by atoms with E-state index in [-0.39, 0.29) is 24.3 Å². The van der Waals surface area contributed by atoms with Crippen LogP contribution in [0.5, 0.6) is 0 Å². The number of carbonyl (C=O) groups is 2. The highest BCUT2D eigenvalue weighted by molar-refractivity contribution is 7.09. The van der Waals surface area contributed by atoms with Gasteiger partial charge in [0.15, 0.2) is 0 Å². The van der Waals surface area contributed by atoms with Gasteiger partial charge in [-0.1, -0.05) is 53.7 Å². The van der Waals surface area contributed by atoms with Gasteiger partial charge in [0.25, 0.3) is 5.91 Å². The SMILES string of the molecule is CON=C1C[C@@H](CC(=O)NCc2cccs2)N(C(=O)c2ccc(-c3ccccc3)cc2)C1. The van der Waals surface area contributed by atoms with Gasteiger partial charge in [0.05, 0.1) is 18.8 Å². The molecule has 1 aliphatic heterocycles. The summed E-state index contributed by atoms with van der Waals surface area (Å²) in [5.41, 5.74) is 3.50. The average molecular weight is 448 g/mol. The molecule has 164 valence electrons. The van der Waals surface area contributed by atoms with Crippen LogP contribution in [0.4, 0.5) is 0 Å². The van der Waals surface area contributed by atoms with Gasteiger partial charge in [-0.3, -0.25) is 9.59 Å². The van der Waals surface area contributed by atoms with Crippen molar-refractivity contribution >= 4 is 28.9 Å². The molecule has 2 heterocycles. The summed E-state index contributed by atoms with van der Waals surface area (Å²) in [4.78, 5) is 33.6. The maximum atomic E-state index is 13.3. The van der Waals surface area contributed by atoms with Crippen LogP contribution in [0.1, 0.15) is 28.1 Å². The molecule has 4 rings (SSSR count). The number of benzene rings is 2. The number of thiophene rings is 1. The van der Waals surface area contributed by atoms with E-state index in [1.165, 1.54) is 7.11 Å². The zero-order valence-electron chi connectivity index (χ0n) is 17.9. The quantitative estimate of drug-likeness (QED) is 0.548. The number of rotatable bonds is 7. The Bertz CT molecular complexity index is 1080. The summed E-state index contributed by atoms with van der Waals surface area (Å²) < 4.78 is 0. The van der Waals surface area contributed by atoms with Crippen LogP contribution in [0, 0.1) is 0 Å². The number of nitrogens with zero attached hydrogens (tertiary/aromatic N) is 2. The van der Waals surface area contributed by atoms with Gasteiger partial charge < -0.3 is 15.1 Å². The van der Waals surface area contributed by atoms with Crippen LogP contribution in [-0.2, 0) is 16.2 Å². The Hall–Kier alpha value is -3.45. The standard InChI is InChI=1S/C25H25N3O3S/c1-31-27-21-14-22(15-24(29)26-16-23-8-5-13-32-23)28(17-21)25(30)20-11-9-19(10-12-20)18-6-3-2-4-7-18/h2-13,22H,14-17H2,1H3,(H,26,29)/t22-/m0/s1. The molecule has 1 aromatic heterocycles. The van der Waals surface area contributed by atoms with Gasteiger partial charge in [0, 0.05) is 29.3 Å². The Morgan fingerprint density at radius 1 is 1.06 bits per heavy atom. The smallest absolute Gasteiger partial charge is 0.254 e.